The summed E-state index contributed by atoms with van der Waals surface area (Å²) in [5, 5.41) is 0. The summed E-state index contributed by atoms with van der Waals surface area (Å²) in [6, 6.07) is 1.16. The molecule has 2 heteroatoms. The van der Waals surface area contributed by atoms with Crippen molar-refractivity contribution in [3.05, 3.63) is 0 Å². The van der Waals surface area contributed by atoms with Crippen LogP contribution in [0.2, 0.25) is 0 Å². The Morgan fingerprint density at radius 2 is 1.94 bits per heavy atom. The van der Waals surface area contributed by atoms with Crippen LogP contribution in [0, 0.1) is 11.8 Å². The summed E-state index contributed by atoms with van der Waals surface area (Å²) in [6.45, 7) is 7.13. The zero-order valence-electron chi connectivity index (χ0n) is 11.0. The highest BCUT2D eigenvalue weighted by atomic mass is 15.2. The largest absolute Gasteiger partial charge is 0.328 e. The molecule has 94 valence electrons. The van der Waals surface area contributed by atoms with E-state index in [2.05, 4.69) is 18.7 Å². The summed E-state index contributed by atoms with van der Waals surface area (Å²) in [4.78, 5) is 2.69. The predicted octanol–water partition coefficient (Wildman–Crippen LogP) is 2.62. The van der Waals surface area contributed by atoms with E-state index in [-0.39, 0.29) is 0 Å². The van der Waals surface area contributed by atoms with Crippen molar-refractivity contribution in [3.8, 4) is 0 Å². The van der Waals surface area contributed by atoms with Gasteiger partial charge in [-0.2, -0.15) is 0 Å². The molecule has 2 N–H and O–H groups in total. The molecule has 0 spiro atoms. The van der Waals surface area contributed by atoms with Crippen LogP contribution < -0.4 is 5.73 Å². The lowest BCUT2D eigenvalue weighted by Gasteiger charge is -2.40. The standard InChI is InChI=1S/C14H28N2/c1-11(9-13-5-3-6-13)16-8-4-7-14(10-16)12(2)15/h11-14H,3-10,15H2,1-2H3. The molecule has 1 aliphatic carbocycles. The summed E-state index contributed by atoms with van der Waals surface area (Å²) < 4.78 is 0. The molecule has 0 aromatic rings. The van der Waals surface area contributed by atoms with Crippen LogP contribution in [0.25, 0.3) is 0 Å². The molecule has 2 nitrogen and oxygen atoms in total. The lowest BCUT2D eigenvalue weighted by molar-refractivity contribution is 0.0960. The van der Waals surface area contributed by atoms with Gasteiger partial charge in [0.25, 0.3) is 0 Å². The Labute approximate surface area is 101 Å². The van der Waals surface area contributed by atoms with E-state index in [9.17, 15) is 0 Å². The lowest BCUT2D eigenvalue weighted by Crippen LogP contribution is -2.46. The van der Waals surface area contributed by atoms with Gasteiger partial charge in [-0.25, -0.2) is 0 Å². The van der Waals surface area contributed by atoms with E-state index in [1.165, 1.54) is 51.6 Å². The number of hydrogen-bond acceptors (Lipinski definition) is 2. The topological polar surface area (TPSA) is 29.3 Å². The molecule has 2 aliphatic rings. The average molecular weight is 224 g/mol. The van der Waals surface area contributed by atoms with Gasteiger partial charge >= 0.3 is 0 Å². The van der Waals surface area contributed by atoms with Crippen molar-refractivity contribution in [1.82, 2.24) is 4.90 Å². The summed E-state index contributed by atoms with van der Waals surface area (Å²) in [6.07, 6.45) is 8.54. The minimum Gasteiger partial charge on any atom is -0.328 e. The molecule has 3 unspecified atom stereocenters. The SMILES string of the molecule is CC(N)C1CCCN(C(C)CC2CCC2)C1. The van der Waals surface area contributed by atoms with Crippen LogP contribution in [-0.4, -0.2) is 30.1 Å². The maximum atomic E-state index is 6.04. The molecule has 1 heterocycles. The van der Waals surface area contributed by atoms with E-state index in [0.717, 1.165) is 17.9 Å². The van der Waals surface area contributed by atoms with E-state index in [1.54, 1.807) is 0 Å². The highest BCUT2D eigenvalue weighted by Crippen LogP contribution is 2.32. The third kappa shape index (κ3) is 2.98. The summed E-state index contributed by atoms with van der Waals surface area (Å²) in [5.41, 5.74) is 6.04. The second-order valence-corrected chi connectivity index (χ2v) is 6.14. The van der Waals surface area contributed by atoms with Crippen LogP contribution in [0.4, 0.5) is 0 Å². The second-order valence-electron chi connectivity index (χ2n) is 6.14. The number of nitrogens with two attached hydrogens (primary N) is 1. The molecule has 1 aliphatic heterocycles. The fourth-order valence-electron chi connectivity index (χ4n) is 3.23. The first-order chi connectivity index (χ1) is 7.66. The molecule has 2 rings (SSSR count). The van der Waals surface area contributed by atoms with Crippen molar-refractivity contribution in [2.24, 2.45) is 17.6 Å². The first-order valence-corrected chi connectivity index (χ1v) is 7.16. The van der Waals surface area contributed by atoms with Crippen molar-refractivity contribution in [3.63, 3.8) is 0 Å². The molecule has 0 radical (unpaired) electrons. The normalized spacial score (nSPS) is 32.1. The van der Waals surface area contributed by atoms with Crippen LogP contribution in [0.15, 0.2) is 0 Å². The summed E-state index contributed by atoms with van der Waals surface area (Å²) in [5.74, 6) is 1.77. The maximum Gasteiger partial charge on any atom is 0.00696 e. The highest BCUT2D eigenvalue weighted by molar-refractivity contribution is 4.83. The van der Waals surface area contributed by atoms with E-state index >= 15 is 0 Å². The molecule has 2 fully saturated rings. The molecule has 0 aromatic carbocycles. The van der Waals surface area contributed by atoms with Gasteiger partial charge in [0.2, 0.25) is 0 Å². The number of piperidine rings is 1. The van der Waals surface area contributed by atoms with Gasteiger partial charge < -0.3 is 10.6 Å². The minimum absolute atomic E-state index is 0.374. The average Bonchev–Trinajstić information content (AvgIpc) is 2.23. The van der Waals surface area contributed by atoms with Crippen molar-refractivity contribution >= 4 is 0 Å². The predicted molar refractivity (Wildman–Crippen MR) is 69.4 cm³/mol. The summed E-state index contributed by atoms with van der Waals surface area (Å²) >= 11 is 0. The molecular formula is C14H28N2. The molecule has 16 heavy (non-hydrogen) atoms. The quantitative estimate of drug-likeness (QED) is 0.795. The Balaban J connectivity index is 1.78. The zero-order valence-corrected chi connectivity index (χ0v) is 11.0. The van der Waals surface area contributed by atoms with Crippen LogP contribution in [0.1, 0.15) is 52.4 Å². The van der Waals surface area contributed by atoms with Crippen LogP contribution in [0.5, 0.6) is 0 Å². The van der Waals surface area contributed by atoms with Gasteiger partial charge in [-0.3, -0.25) is 0 Å². The van der Waals surface area contributed by atoms with E-state index in [4.69, 9.17) is 5.73 Å². The number of hydrogen-bond donors (Lipinski definition) is 1. The monoisotopic (exact) mass is 224 g/mol. The Bertz CT molecular complexity index is 211. The number of nitrogens with zero attached hydrogens (tertiary/aromatic N) is 1. The number of likely N-dealkylation sites (tertiary alicyclic amines) is 1. The first kappa shape index (κ1) is 12.4. The maximum absolute atomic E-state index is 6.04. The third-order valence-corrected chi connectivity index (χ3v) is 4.76. The van der Waals surface area contributed by atoms with Gasteiger partial charge in [-0.1, -0.05) is 19.3 Å². The zero-order chi connectivity index (χ0) is 11.5. The van der Waals surface area contributed by atoms with Crippen molar-refractivity contribution in [1.29, 1.82) is 0 Å². The summed E-state index contributed by atoms with van der Waals surface area (Å²) in [7, 11) is 0. The van der Waals surface area contributed by atoms with E-state index in [0.29, 0.717) is 6.04 Å². The molecule has 1 saturated carbocycles. The minimum atomic E-state index is 0.374. The van der Waals surface area contributed by atoms with Crippen molar-refractivity contribution in [2.45, 2.75) is 64.5 Å². The van der Waals surface area contributed by atoms with Gasteiger partial charge in [0.05, 0.1) is 0 Å². The fraction of sp³-hybridized carbons (Fsp3) is 1.00. The Kier molecular flexibility index (Phi) is 4.26. The smallest absolute Gasteiger partial charge is 0.00696 e. The number of rotatable bonds is 4. The molecule has 1 saturated heterocycles. The molecule has 0 aromatic heterocycles. The lowest BCUT2D eigenvalue weighted by atomic mass is 9.80. The van der Waals surface area contributed by atoms with Crippen LogP contribution in [-0.2, 0) is 0 Å². The van der Waals surface area contributed by atoms with Gasteiger partial charge in [0.1, 0.15) is 0 Å². The van der Waals surface area contributed by atoms with Gasteiger partial charge in [-0.15, -0.1) is 0 Å². The highest BCUT2D eigenvalue weighted by Gasteiger charge is 2.28. The fourth-order valence-corrected chi connectivity index (χ4v) is 3.23. The molecule has 0 amide bonds. The first-order valence-electron chi connectivity index (χ1n) is 7.16. The second kappa shape index (κ2) is 5.50. The molecule has 0 bridgehead atoms. The van der Waals surface area contributed by atoms with E-state index in [1.807, 2.05) is 0 Å². The Morgan fingerprint density at radius 1 is 1.19 bits per heavy atom. The Morgan fingerprint density at radius 3 is 2.50 bits per heavy atom. The van der Waals surface area contributed by atoms with Crippen molar-refractivity contribution < 1.29 is 0 Å². The van der Waals surface area contributed by atoms with Crippen LogP contribution >= 0.6 is 0 Å². The van der Waals surface area contributed by atoms with E-state index < -0.39 is 0 Å². The third-order valence-electron chi connectivity index (χ3n) is 4.76. The van der Waals surface area contributed by atoms with Crippen molar-refractivity contribution in [2.75, 3.05) is 13.1 Å². The Hall–Kier alpha value is -0.0800. The molecule has 3 atom stereocenters. The van der Waals surface area contributed by atoms with Gasteiger partial charge in [0.15, 0.2) is 0 Å². The van der Waals surface area contributed by atoms with Gasteiger partial charge in [0, 0.05) is 18.6 Å². The van der Waals surface area contributed by atoms with Crippen LogP contribution in [0.3, 0.4) is 0 Å². The molecular weight excluding hydrogens is 196 g/mol. The van der Waals surface area contributed by atoms with Gasteiger partial charge in [-0.05, 0) is 51.5 Å².